The number of nitrogens with zero attached hydrogens (tertiary/aromatic N) is 1. The molecule has 0 fully saturated rings. The van der Waals surface area contributed by atoms with Gasteiger partial charge in [0.2, 0.25) is 0 Å². The van der Waals surface area contributed by atoms with Gasteiger partial charge in [0.25, 0.3) is 0 Å². The maximum atomic E-state index is 2.32. The third-order valence-electron chi connectivity index (χ3n) is 0.671. The van der Waals surface area contributed by atoms with Crippen LogP contribution in [0.1, 0.15) is 0 Å². The minimum absolute atomic E-state index is 0.292. The standard InChI is InChI=1S/C4H13NSi/c1-5(2)4-6-3/h4,6H2,1-3H3. The zero-order chi connectivity index (χ0) is 4.99. The molecule has 0 aromatic rings. The van der Waals surface area contributed by atoms with Gasteiger partial charge >= 0.3 is 0 Å². The minimum Gasteiger partial charge on any atom is -0.313 e. The Morgan fingerprint density at radius 1 is 1.50 bits per heavy atom. The Morgan fingerprint density at radius 3 is 2.00 bits per heavy atom. The smallest absolute Gasteiger partial charge is 0.0338 e. The Morgan fingerprint density at radius 2 is 2.00 bits per heavy atom. The summed E-state index contributed by atoms with van der Waals surface area (Å²) >= 11 is 0. The van der Waals surface area contributed by atoms with Gasteiger partial charge in [0, 0.05) is 9.52 Å². The molecule has 0 unspecified atom stereocenters. The van der Waals surface area contributed by atoms with Crippen LogP contribution in [0.4, 0.5) is 0 Å². The van der Waals surface area contributed by atoms with Crippen LogP contribution in [0, 0.1) is 0 Å². The first-order valence-electron chi connectivity index (χ1n) is 2.42. The van der Waals surface area contributed by atoms with Crippen molar-refractivity contribution in [2.75, 3.05) is 20.3 Å². The van der Waals surface area contributed by atoms with Crippen molar-refractivity contribution in [1.29, 1.82) is 0 Å². The molecule has 38 valence electrons. The largest absolute Gasteiger partial charge is 0.313 e. The summed E-state index contributed by atoms with van der Waals surface area (Å²) in [5.41, 5.74) is 0. The van der Waals surface area contributed by atoms with Crippen molar-refractivity contribution in [3.8, 4) is 0 Å². The van der Waals surface area contributed by atoms with Crippen LogP contribution in [-0.2, 0) is 0 Å². The van der Waals surface area contributed by atoms with E-state index in [1.807, 2.05) is 0 Å². The first kappa shape index (κ1) is 6.18. The van der Waals surface area contributed by atoms with Crippen LogP contribution < -0.4 is 0 Å². The molecular weight excluding hydrogens is 90.1 g/mol. The SMILES string of the molecule is C[SiH2]CN(C)C. The van der Waals surface area contributed by atoms with Crippen LogP contribution in [0.2, 0.25) is 6.55 Å². The second-order valence-corrected chi connectivity index (χ2v) is 3.25. The van der Waals surface area contributed by atoms with Crippen LogP contribution in [0.5, 0.6) is 0 Å². The highest BCUT2D eigenvalue weighted by atomic mass is 28.2. The van der Waals surface area contributed by atoms with E-state index < -0.39 is 0 Å². The second kappa shape index (κ2) is 3.37. The van der Waals surface area contributed by atoms with Crippen LogP contribution in [0.25, 0.3) is 0 Å². The van der Waals surface area contributed by atoms with E-state index in [1.165, 1.54) is 6.17 Å². The van der Waals surface area contributed by atoms with Crippen LogP contribution >= 0.6 is 0 Å². The highest BCUT2D eigenvalue weighted by molar-refractivity contribution is 6.33. The summed E-state index contributed by atoms with van der Waals surface area (Å²) in [5.74, 6) is 0. The molecule has 6 heavy (non-hydrogen) atoms. The van der Waals surface area contributed by atoms with Crippen LogP contribution in [0.3, 0.4) is 0 Å². The molecule has 0 rings (SSSR count). The average molecular weight is 103 g/mol. The van der Waals surface area contributed by atoms with Crippen molar-refractivity contribution in [2.45, 2.75) is 6.55 Å². The van der Waals surface area contributed by atoms with Gasteiger partial charge < -0.3 is 4.90 Å². The molecule has 0 aliphatic carbocycles. The molecule has 1 nitrogen and oxygen atoms in total. The number of hydrogen-bond acceptors (Lipinski definition) is 1. The van der Waals surface area contributed by atoms with E-state index in [0.29, 0.717) is 9.52 Å². The van der Waals surface area contributed by atoms with Gasteiger partial charge in [0.15, 0.2) is 0 Å². The lowest BCUT2D eigenvalue weighted by Crippen LogP contribution is -2.16. The van der Waals surface area contributed by atoms with Crippen molar-refractivity contribution in [1.82, 2.24) is 4.90 Å². The molecule has 0 heterocycles. The van der Waals surface area contributed by atoms with Crippen molar-refractivity contribution >= 4 is 9.52 Å². The van der Waals surface area contributed by atoms with E-state index in [9.17, 15) is 0 Å². The molecule has 0 bridgehead atoms. The lowest BCUT2D eigenvalue weighted by Gasteiger charge is -2.03. The summed E-state index contributed by atoms with van der Waals surface area (Å²) in [4.78, 5) is 2.24. The highest BCUT2D eigenvalue weighted by Crippen LogP contribution is 1.66. The third kappa shape index (κ3) is 4.18. The van der Waals surface area contributed by atoms with E-state index in [0.717, 1.165) is 0 Å². The first-order chi connectivity index (χ1) is 2.77. The van der Waals surface area contributed by atoms with Gasteiger partial charge in [0.1, 0.15) is 0 Å². The fourth-order valence-electron chi connectivity index (χ4n) is 0.447. The molecule has 0 saturated heterocycles. The molecule has 2 heteroatoms. The molecule has 0 aliphatic rings. The second-order valence-electron chi connectivity index (χ2n) is 1.80. The van der Waals surface area contributed by atoms with Gasteiger partial charge in [-0.1, -0.05) is 6.55 Å². The Kier molecular flexibility index (Phi) is 3.47. The van der Waals surface area contributed by atoms with Gasteiger partial charge in [0.05, 0.1) is 0 Å². The zero-order valence-electron chi connectivity index (χ0n) is 4.86. The van der Waals surface area contributed by atoms with Gasteiger partial charge in [-0.15, -0.1) is 0 Å². The molecule has 0 spiro atoms. The summed E-state index contributed by atoms with van der Waals surface area (Å²) in [6, 6.07) is 0. The topological polar surface area (TPSA) is 3.24 Å². The quantitative estimate of drug-likeness (QED) is 0.435. The molecule has 0 radical (unpaired) electrons. The van der Waals surface area contributed by atoms with Gasteiger partial charge in [-0.2, -0.15) is 0 Å². The Hall–Kier alpha value is 0.177. The summed E-state index contributed by atoms with van der Waals surface area (Å²) in [6.45, 7) is 2.32. The van der Waals surface area contributed by atoms with E-state index >= 15 is 0 Å². The number of hydrogen-bond donors (Lipinski definition) is 0. The predicted octanol–water partition coefficient (Wildman–Crippen LogP) is -0.278. The van der Waals surface area contributed by atoms with Crippen LogP contribution in [0.15, 0.2) is 0 Å². The van der Waals surface area contributed by atoms with E-state index in [1.54, 1.807) is 0 Å². The lowest BCUT2D eigenvalue weighted by molar-refractivity contribution is 0.478. The Bertz CT molecular complexity index is 28.7. The molecule has 0 atom stereocenters. The third-order valence-corrected chi connectivity index (χ3v) is 2.01. The first-order valence-corrected chi connectivity index (χ1v) is 4.83. The maximum absolute atomic E-state index is 2.32. The van der Waals surface area contributed by atoms with Gasteiger partial charge in [-0.05, 0) is 20.3 Å². The molecule has 0 amide bonds. The van der Waals surface area contributed by atoms with Gasteiger partial charge in [-0.3, -0.25) is 0 Å². The summed E-state index contributed by atoms with van der Waals surface area (Å²) in [6.07, 6.45) is 1.35. The van der Waals surface area contributed by atoms with Crippen molar-refractivity contribution < 1.29 is 0 Å². The van der Waals surface area contributed by atoms with E-state index in [4.69, 9.17) is 0 Å². The van der Waals surface area contributed by atoms with E-state index in [2.05, 4.69) is 25.5 Å². The fourth-order valence-corrected chi connectivity index (χ4v) is 1.34. The molecule has 0 N–H and O–H groups in total. The van der Waals surface area contributed by atoms with Crippen molar-refractivity contribution in [2.24, 2.45) is 0 Å². The predicted molar refractivity (Wildman–Crippen MR) is 33.0 cm³/mol. The fraction of sp³-hybridized carbons (Fsp3) is 1.00. The summed E-state index contributed by atoms with van der Waals surface area (Å²) in [7, 11) is 4.54. The van der Waals surface area contributed by atoms with E-state index in [-0.39, 0.29) is 0 Å². The lowest BCUT2D eigenvalue weighted by atomic mass is 11.0. The van der Waals surface area contributed by atoms with Gasteiger partial charge in [-0.25, -0.2) is 0 Å². The van der Waals surface area contributed by atoms with Crippen molar-refractivity contribution in [3.05, 3.63) is 0 Å². The molecule has 0 aromatic heterocycles. The normalized spacial score (nSPS) is 12.0. The summed E-state index contributed by atoms with van der Waals surface area (Å²) < 4.78 is 0. The van der Waals surface area contributed by atoms with Crippen molar-refractivity contribution in [3.63, 3.8) is 0 Å². The highest BCUT2D eigenvalue weighted by Gasteiger charge is 1.80. The minimum atomic E-state index is 0.292. The monoisotopic (exact) mass is 103 g/mol. The molecule has 0 aliphatic heterocycles. The number of rotatable bonds is 2. The zero-order valence-corrected chi connectivity index (χ0v) is 6.28. The maximum Gasteiger partial charge on any atom is 0.0338 e. The molecule has 0 aromatic carbocycles. The molecule has 0 saturated carbocycles. The Labute approximate surface area is 42.2 Å². The van der Waals surface area contributed by atoms with Crippen LogP contribution in [-0.4, -0.2) is 34.7 Å². The Balaban J connectivity index is 2.63. The summed E-state index contributed by atoms with van der Waals surface area (Å²) in [5, 5.41) is 0. The average Bonchev–Trinajstić information content (AvgIpc) is 1.35. The molecular formula is C4H13NSi.